The molecule has 8 heterocycles. The summed E-state index contributed by atoms with van der Waals surface area (Å²) >= 11 is 20.2. The van der Waals surface area contributed by atoms with E-state index in [0.717, 1.165) is 44.5 Å². The molecule has 10 rings (SSSR count). The van der Waals surface area contributed by atoms with E-state index in [1.807, 2.05) is 120 Å². The summed E-state index contributed by atoms with van der Waals surface area (Å²) in [5.74, 6) is -0.117. The van der Waals surface area contributed by atoms with E-state index in [4.69, 9.17) is 63.3 Å². The van der Waals surface area contributed by atoms with Crippen molar-refractivity contribution in [2.75, 3.05) is 67.1 Å². The number of hydrogen-bond acceptors (Lipinski definition) is 20. The number of nitrogens with zero attached hydrogens (tertiary/aromatic N) is 9. The number of aromatic nitrogens is 8. The molecule has 0 atom stereocenters. The van der Waals surface area contributed by atoms with Crippen LogP contribution in [-0.2, 0) is 9.84 Å². The van der Waals surface area contributed by atoms with Gasteiger partial charge in [-0.1, -0.05) is 151 Å². The first-order valence-electron chi connectivity index (χ1n) is 33.2. The fraction of sp³-hybridized carbons (Fsp3) is 0.179. The SMILES string of the molecule is CSc1cccnc1N.C[Si](C)(C)[N-][Si](C)(C)C.Nc1ccc(-c2ccccc2)cn1.[2H]C([2H])([2H])NC(=O)c1cnc(Cl)cc1Cl.[2H]C([2H])([2H])NC(=O)c1cnc(Cl)cc1Nc1ncccc1SC.[2H]C([2H])([2H])NC(=O)c1cnc(Nc2ccc(-c3ccccc3)cn2)cc1Nc1ncccc1S(C)(=O)=O.[Li+]. The first kappa shape index (κ1) is 68.1. The smallest absolute Gasteiger partial charge is 0.668 e. The minimum Gasteiger partial charge on any atom is -0.668 e. The summed E-state index contributed by atoms with van der Waals surface area (Å²) in [4.78, 5) is 70.2. The molecule has 22 nitrogen and oxygen atoms in total. The molecular weight excluding hydrogens is 1390 g/mol. The normalized spacial score (nSPS) is 12.3. The first-order chi connectivity index (χ1) is 49.5. The Bertz CT molecular complexity index is 4660. The van der Waals surface area contributed by atoms with Crippen molar-refractivity contribution in [3.8, 4) is 22.3 Å². The van der Waals surface area contributed by atoms with Crippen LogP contribution in [-0.4, -0.2) is 122 Å². The zero-order valence-corrected chi connectivity index (χ0v) is 61.7. The van der Waals surface area contributed by atoms with Gasteiger partial charge in [0.15, 0.2) is 9.84 Å². The number of benzene rings is 2. The summed E-state index contributed by atoms with van der Waals surface area (Å²) in [6, 6.07) is 41.7. The number of amides is 3. The average Bonchev–Trinajstić information content (AvgIpc) is 0.806. The molecule has 0 aliphatic rings. The van der Waals surface area contributed by atoms with E-state index in [-0.39, 0.29) is 73.1 Å². The van der Waals surface area contributed by atoms with Crippen LogP contribution in [0.1, 0.15) is 43.4 Å². The number of nitrogens with one attached hydrogen (secondary N) is 6. The van der Waals surface area contributed by atoms with Crippen molar-refractivity contribution in [2.45, 2.75) is 54.0 Å². The van der Waals surface area contributed by atoms with Gasteiger partial charge in [0.25, 0.3) is 17.7 Å². The van der Waals surface area contributed by atoms with Crippen LogP contribution in [0.25, 0.3) is 26.9 Å². The molecule has 10 aromatic rings. The summed E-state index contributed by atoms with van der Waals surface area (Å²) in [5, 5.41) is 14.8. The maximum atomic E-state index is 12.7. The van der Waals surface area contributed by atoms with Gasteiger partial charge in [0.05, 0.1) is 33.1 Å². The van der Waals surface area contributed by atoms with Crippen LogP contribution in [0.3, 0.4) is 0 Å². The average molecular weight is 1480 g/mol. The third kappa shape index (κ3) is 27.8. The summed E-state index contributed by atoms with van der Waals surface area (Å²) < 4.78 is 93.2. The Balaban J connectivity index is 0.000000295. The molecule has 0 unspecified atom stereocenters. The minimum atomic E-state index is -3.66. The van der Waals surface area contributed by atoms with Gasteiger partial charge in [0.1, 0.15) is 50.1 Å². The van der Waals surface area contributed by atoms with E-state index >= 15 is 0 Å². The molecule has 0 radical (unpaired) electrons. The second kappa shape index (κ2) is 40.4. The van der Waals surface area contributed by atoms with Gasteiger partial charge < -0.3 is 48.0 Å². The molecule has 2 aromatic carbocycles. The maximum absolute atomic E-state index is 12.7. The number of nitrogens with two attached hydrogens (primary N) is 2. The van der Waals surface area contributed by atoms with E-state index < -0.39 is 65.0 Å². The number of halogens is 3. The Morgan fingerprint density at radius 1 is 0.490 bits per heavy atom. The third-order valence-corrected chi connectivity index (χ3v) is 20.8. The monoisotopic (exact) mass is 1470 g/mol. The fourth-order valence-corrected chi connectivity index (χ4v) is 18.6. The molecule has 0 saturated heterocycles. The van der Waals surface area contributed by atoms with Gasteiger partial charge in [-0.25, -0.2) is 48.3 Å². The van der Waals surface area contributed by atoms with Gasteiger partial charge in [0.2, 0.25) is 0 Å². The van der Waals surface area contributed by atoms with E-state index in [2.05, 4.69) is 95.1 Å². The largest absolute Gasteiger partial charge is 1.00 e. The van der Waals surface area contributed by atoms with Crippen LogP contribution in [0.15, 0.2) is 204 Å². The Kier molecular flexibility index (Phi) is 28.1. The summed E-state index contributed by atoms with van der Waals surface area (Å²) in [6.07, 6.45) is 16.6. The Morgan fingerprint density at radius 2 is 0.949 bits per heavy atom. The molecular formula is C67H77Cl3LiN17O5S3Si2. The molecule has 0 spiro atoms. The molecule has 8 aromatic heterocycles. The topological polar surface area (TPSA) is 327 Å². The molecule has 0 bridgehead atoms. The fourth-order valence-electron chi connectivity index (χ4n) is 8.18. The number of hydrogen-bond donors (Lipinski definition) is 8. The third-order valence-electron chi connectivity index (χ3n) is 12.0. The summed E-state index contributed by atoms with van der Waals surface area (Å²) in [6.45, 7) is 5.89. The van der Waals surface area contributed by atoms with Crippen LogP contribution in [0, 0.1) is 0 Å². The van der Waals surface area contributed by atoms with Gasteiger partial charge >= 0.3 is 18.9 Å². The van der Waals surface area contributed by atoms with Crippen LogP contribution >= 0.6 is 58.3 Å². The molecule has 0 aliphatic carbocycles. The van der Waals surface area contributed by atoms with Gasteiger partial charge in [0, 0.05) is 116 Å². The minimum absolute atomic E-state index is 0. The van der Waals surface area contributed by atoms with Crippen LogP contribution in [0.4, 0.5) is 46.3 Å². The number of nitrogen functional groups attached to an aromatic ring is 2. The summed E-state index contributed by atoms with van der Waals surface area (Å²) in [5.41, 5.74) is 15.5. The molecule has 508 valence electrons. The van der Waals surface area contributed by atoms with E-state index in [1.165, 1.54) is 60.7 Å². The van der Waals surface area contributed by atoms with Crippen molar-refractivity contribution in [3.63, 3.8) is 0 Å². The number of sulfone groups is 1. The van der Waals surface area contributed by atoms with Crippen molar-refractivity contribution in [1.82, 2.24) is 55.8 Å². The van der Waals surface area contributed by atoms with Crippen LogP contribution in [0.2, 0.25) is 54.6 Å². The number of thioether (sulfide) groups is 2. The van der Waals surface area contributed by atoms with E-state index in [0.29, 0.717) is 29.0 Å². The number of anilines is 8. The molecule has 3 amide bonds. The Hall–Kier alpha value is -8.44. The predicted octanol–water partition coefficient (Wildman–Crippen LogP) is 12.2. The Morgan fingerprint density at radius 3 is 1.42 bits per heavy atom. The van der Waals surface area contributed by atoms with Crippen molar-refractivity contribution in [3.05, 3.63) is 226 Å². The number of carbonyl (C=O) groups is 3. The molecule has 0 fully saturated rings. The van der Waals surface area contributed by atoms with Gasteiger partial charge in [-0.3, -0.25) is 14.4 Å². The number of pyridine rings is 8. The number of rotatable bonds is 16. The van der Waals surface area contributed by atoms with Crippen molar-refractivity contribution < 1.29 is 54.0 Å². The number of carbonyl (C=O) groups excluding carboxylic acids is 3. The zero-order valence-electron chi connectivity index (χ0n) is 64.0. The maximum Gasteiger partial charge on any atom is 1.00 e. The van der Waals surface area contributed by atoms with E-state index in [9.17, 15) is 22.8 Å². The quantitative estimate of drug-likeness (QED) is 0.0253. The van der Waals surface area contributed by atoms with Crippen molar-refractivity contribution >= 4 is 149 Å². The summed E-state index contributed by atoms with van der Waals surface area (Å²) in [7, 11) is -5.87. The van der Waals surface area contributed by atoms with Crippen LogP contribution < -0.4 is 62.2 Å². The van der Waals surface area contributed by atoms with Gasteiger partial charge in [-0.15, -0.1) is 23.5 Å². The van der Waals surface area contributed by atoms with Crippen molar-refractivity contribution in [1.29, 1.82) is 0 Å². The van der Waals surface area contributed by atoms with Gasteiger partial charge in [-0.05, 0) is 96.4 Å². The first-order valence-corrected chi connectivity index (χ1v) is 41.0. The molecule has 0 aliphatic heterocycles. The van der Waals surface area contributed by atoms with E-state index in [1.54, 1.807) is 54.0 Å². The molecule has 10 N–H and O–H groups in total. The molecule has 0 saturated carbocycles. The van der Waals surface area contributed by atoms with Crippen molar-refractivity contribution in [2.24, 2.45) is 0 Å². The van der Waals surface area contributed by atoms with Crippen LogP contribution in [0.5, 0.6) is 0 Å². The second-order valence-electron chi connectivity index (χ2n) is 21.7. The second-order valence-corrected chi connectivity index (χ2v) is 36.2. The van der Waals surface area contributed by atoms with Gasteiger partial charge in [-0.2, -0.15) is 0 Å². The zero-order chi connectivity index (χ0) is 78.8. The molecule has 98 heavy (non-hydrogen) atoms. The Labute approximate surface area is 623 Å². The predicted molar refractivity (Wildman–Crippen MR) is 405 cm³/mol. The standard InChI is InChI=1S/C24H22N6O3S.C13H13ClN4OS.C11H10N2.C7H6Cl2N2O.C6H8N2S.C6H18NSi2.Li/c1-25-24(31)18-15-28-22(13-19(18)29-23-20(34(2,32)33)9-6-12-26-23)30-21-11-10-17(14-27-21)16-7-4-3-5-8-16;1-15-13(19)8-7-17-11(14)6-9(8)18-12-10(20-2)4-3-5-16-12;12-11-7-6-10(8-13-11)9-4-2-1-3-5-9;1-10-7(12)4-3-11-6(9)2-5(4)8;1-9-5-3-2-4-8-6(5)7;1-8(2,3)7-9(4,5)6;/h3-15H,1-2H3,(H,25,31)(H2,26,27,28,29,30);3-7H,1-2H3,(H,15,19)(H,16,17,18);1-8H,(H2,12,13);2-3H,1H3,(H,10,12);2-4H,1H3,(H2,7,8);1-6H3;/q;;;;;-1;+1/i2*1D3;;1D3;;;. The molecule has 31 heteroatoms.